The van der Waals surface area contributed by atoms with Crippen molar-refractivity contribution in [3.05, 3.63) is 65.0 Å². The highest BCUT2D eigenvalue weighted by Gasteiger charge is 2.04. The minimum Gasteiger partial charge on any atom is -0.478 e. The number of aromatic nitrogens is 1. The molecule has 0 saturated carbocycles. The molecule has 3 nitrogen and oxygen atoms in total. The molecule has 0 amide bonds. The minimum atomic E-state index is -0.935. The summed E-state index contributed by atoms with van der Waals surface area (Å²) in [6, 6.07) is 12.9. The van der Waals surface area contributed by atoms with Crippen molar-refractivity contribution in [2.45, 2.75) is 6.92 Å². The number of carbonyl (C=O) groups is 1. The summed E-state index contributed by atoms with van der Waals surface area (Å²) in [6.45, 7) is 1.78. The number of benzene rings is 1. The zero-order valence-electron chi connectivity index (χ0n) is 10.00. The first kappa shape index (κ1) is 12.0. The number of pyridine rings is 1. The molecule has 2 aromatic rings. The van der Waals surface area contributed by atoms with E-state index < -0.39 is 5.97 Å². The number of aromatic carboxylic acids is 1. The van der Waals surface area contributed by atoms with E-state index in [2.05, 4.69) is 4.98 Å². The van der Waals surface area contributed by atoms with E-state index in [1.807, 2.05) is 42.5 Å². The van der Waals surface area contributed by atoms with Crippen molar-refractivity contribution in [2.24, 2.45) is 0 Å². The van der Waals surface area contributed by atoms with Gasteiger partial charge >= 0.3 is 5.97 Å². The van der Waals surface area contributed by atoms with Crippen LogP contribution in [0.5, 0.6) is 0 Å². The zero-order valence-corrected chi connectivity index (χ0v) is 10.00. The van der Waals surface area contributed by atoms with E-state index in [4.69, 9.17) is 5.11 Å². The largest absolute Gasteiger partial charge is 0.478 e. The summed E-state index contributed by atoms with van der Waals surface area (Å²) in [7, 11) is 0. The average Bonchev–Trinajstić information content (AvgIpc) is 2.37. The number of carboxylic acid groups (broad SMARTS) is 1. The monoisotopic (exact) mass is 239 g/mol. The van der Waals surface area contributed by atoms with Gasteiger partial charge in [0.05, 0.1) is 11.3 Å². The van der Waals surface area contributed by atoms with Gasteiger partial charge in [0.1, 0.15) is 0 Å². The van der Waals surface area contributed by atoms with Gasteiger partial charge in [-0.15, -0.1) is 0 Å². The van der Waals surface area contributed by atoms with Crippen LogP contribution in [-0.4, -0.2) is 16.1 Å². The Labute approximate surface area is 105 Å². The van der Waals surface area contributed by atoms with E-state index in [0.29, 0.717) is 11.4 Å². The van der Waals surface area contributed by atoms with Gasteiger partial charge in [-0.25, -0.2) is 4.79 Å². The number of hydrogen-bond acceptors (Lipinski definition) is 2. The third kappa shape index (κ3) is 3.04. The number of aryl methyl sites for hydroxylation is 1. The van der Waals surface area contributed by atoms with Crippen LogP contribution in [0.1, 0.15) is 27.3 Å². The van der Waals surface area contributed by atoms with Gasteiger partial charge in [0, 0.05) is 5.69 Å². The summed E-state index contributed by atoms with van der Waals surface area (Å²) in [5.74, 6) is -0.935. The van der Waals surface area contributed by atoms with Crippen molar-refractivity contribution in [3.63, 3.8) is 0 Å². The lowest BCUT2D eigenvalue weighted by Gasteiger charge is -2.00. The molecule has 0 bridgehead atoms. The van der Waals surface area contributed by atoms with Crippen molar-refractivity contribution in [3.8, 4) is 0 Å². The van der Waals surface area contributed by atoms with Gasteiger partial charge < -0.3 is 5.11 Å². The lowest BCUT2D eigenvalue weighted by molar-refractivity contribution is 0.0696. The Kier molecular flexibility index (Phi) is 3.53. The van der Waals surface area contributed by atoms with E-state index in [9.17, 15) is 4.79 Å². The molecule has 0 radical (unpaired) electrons. The van der Waals surface area contributed by atoms with Crippen molar-refractivity contribution in [1.29, 1.82) is 0 Å². The summed E-state index contributed by atoms with van der Waals surface area (Å²) in [6.07, 6.45) is 3.72. The predicted molar refractivity (Wildman–Crippen MR) is 71.3 cm³/mol. The van der Waals surface area contributed by atoms with Gasteiger partial charge in [0.15, 0.2) is 0 Å². The van der Waals surface area contributed by atoms with Gasteiger partial charge in [0.2, 0.25) is 0 Å². The molecule has 0 saturated heterocycles. The quantitative estimate of drug-likeness (QED) is 0.894. The maximum atomic E-state index is 10.9. The summed E-state index contributed by atoms with van der Waals surface area (Å²) >= 11 is 0. The molecular formula is C15H13NO2. The number of rotatable bonds is 3. The minimum absolute atomic E-state index is 0.259. The van der Waals surface area contributed by atoms with E-state index in [1.165, 1.54) is 0 Å². The molecule has 0 fully saturated rings. The van der Waals surface area contributed by atoms with Crippen molar-refractivity contribution < 1.29 is 9.90 Å². The van der Waals surface area contributed by atoms with Crippen LogP contribution in [0.2, 0.25) is 0 Å². The normalized spacial score (nSPS) is 10.7. The highest BCUT2D eigenvalue weighted by atomic mass is 16.4. The topological polar surface area (TPSA) is 50.2 Å². The Balaban J connectivity index is 2.29. The Morgan fingerprint density at radius 3 is 2.56 bits per heavy atom. The van der Waals surface area contributed by atoms with Crippen LogP contribution >= 0.6 is 0 Å². The molecule has 3 heteroatoms. The number of carboxylic acids is 1. The second-order valence-corrected chi connectivity index (χ2v) is 3.97. The Morgan fingerprint density at radius 1 is 1.17 bits per heavy atom. The summed E-state index contributed by atoms with van der Waals surface area (Å²) < 4.78 is 0. The highest BCUT2D eigenvalue weighted by Crippen LogP contribution is 2.10. The van der Waals surface area contributed by atoms with E-state index in [-0.39, 0.29) is 5.56 Å². The smallest absolute Gasteiger partial charge is 0.335 e. The number of hydrogen-bond donors (Lipinski definition) is 1. The predicted octanol–water partition coefficient (Wildman–Crippen LogP) is 3.26. The van der Waals surface area contributed by atoms with Crippen LogP contribution in [0.25, 0.3) is 12.2 Å². The zero-order chi connectivity index (χ0) is 13.0. The second kappa shape index (κ2) is 5.27. The van der Waals surface area contributed by atoms with Crippen LogP contribution < -0.4 is 0 Å². The Morgan fingerprint density at radius 2 is 1.89 bits per heavy atom. The standard InChI is InChI=1S/C15H13NO2/c1-11-9-13(15(17)18)10-14(16-11)8-7-12-5-3-2-4-6-12/h2-10H,1H3,(H,17,18)/b8-7+. The van der Waals surface area contributed by atoms with Gasteiger partial charge in [0.25, 0.3) is 0 Å². The molecule has 1 N–H and O–H groups in total. The van der Waals surface area contributed by atoms with Gasteiger partial charge in [-0.3, -0.25) is 4.98 Å². The average molecular weight is 239 g/mol. The molecule has 0 aliphatic heterocycles. The maximum absolute atomic E-state index is 10.9. The fourth-order valence-electron chi connectivity index (χ4n) is 1.65. The summed E-state index contributed by atoms with van der Waals surface area (Å²) in [5, 5.41) is 8.97. The van der Waals surface area contributed by atoms with E-state index >= 15 is 0 Å². The molecule has 18 heavy (non-hydrogen) atoms. The van der Waals surface area contributed by atoms with Crippen LogP contribution in [0.15, 0.2) is 42.5 Å². The highest BCUT2D eigenvalue weighted by molar-refractivity contribution is 5.88. The van der Waals surface area contributed by atoms with Crippen molar-refractivity contribution in [1.82, 2.24) is 4.98 Å². The van der Waals surface area contributed by atoms with Crippen LogP contribution in [-0.2, 0) is 0 Å². The fourth-order valence-corrected chi connectivity index (χ4v) is 1.65. The second-order valence-electron chi connectivity index (χ2n) is 3.97. The Hall–Kier alpha value is -2.42. The summed E-state index contributed by atoms with van der Waals surface area (Å²) in [4.78, 5) is 15.2. The van der Waals surface area contributed by atoms with Gasteiger partial charge in [-0.2, -0.15) is 0 Å². The molecule has 0 unspecified atom stereocenters. The third-order valence-corrected chi connectivity index (χ3v) is 2.47. The fraction of sp³-hybridized carbons (Fsp3) is 0.0667. The van der Waals surface area contributed by atoms with Crippen molar-refractivity contribution in [2.75, 3.05) is 0 Å². The molecule has 1 aromatic carbocycles. The molecule has 1 aromatic heterocycles. The molecule has 0 aliphatic rings. The SMILES string of the molecule is Cc1cc(C(=O)O)cc(/C=C/c2ccccc2)n1. The van der Waals surface area contributed by atoms with Crippen LogP contribution in [0.3, 0.4) is 0 Å². The summed E-state index contributed by atoms with van der Waals surface area (Å²) in [5.41, 5.74) is 2.66. The molecular weight excluding hydrogens is 226 g/mol. The van der Waals surface area contributed by atoms with Gasteiger partial charge in [-0.1, -0.05) is 36.4 Å². The maximum Gasteiger partial charge on any atom is 0.335 e. The molecule has 0 aliphatic carbocycles. The third-order valence-electron chi connectivity index (χ3n) is 2.47. The van der Waals surface area contributed by atoms with E-state index in [0.717, 1.165) is 5.56 Å². The lowest BCUT2D eigenvalue weighted by Crippen LogP contribution is -1.99. The van der Waals surface area contributed by atoms with Crippen molar-refractivity contribution >= 4 is 18.1 Å². The lowest BCUT2D eigenvalue weighted by atomic mass is 10.1. The Bertz CT molecular complexity index is 589. The number of nitrogens with zero attached hydrogens (tertiary/aromatic N) is 1. The van der Waals surface area contributed by atoms with Gasteiger partial charge in [-0.05, 0) is 30.7 Å². The van der Waals surface area contributed by atoms with Crippen LogP contribution in [0.4, 0.5) is 0 Å². The molecule has 90 valence electrons. The first-order chi connectivity index (χ1) is 8.65. The van der Waals surface area contributed by atoms with Crippen LogP contribution in [0, 0.1) is 6.92 Å². The molecule has 0 atom stereocenters. The van der Waals surface area contributed by atoms with E-state index in [1.54, 1.807) is 19.1 Å². The first-order valence-electron chi connectivity index (χ1n) is 5.60. The molecule has 1 heterocycles. The first-order valence-corrected chi connectivity index (χ1v) is 5.60. The molecule has 0 spiro atoms. The molecule has 2 rings (SSSR count).